The van der Waals surface area contributed by atoms with E-state index >= 15 is 0 Å². The summed E-state index contributed by atoms with van der Waals surface area (Å²) in [5.41, 5.74) is 2.43. The predicted octanol–water partition coefficient (Wildman–Crippen LogP) is 4.51. The number of aromatic nitrogens is 1. The van der Waals surface area contributed by atoms with Crippen LogP contribution in [0.1, 0.15) is 48.5 Å². The van der Waals surface area contributed by atoms with E-state index < -0.39 is 15.5 Å². The number of halogens is 1. The first-order chi connectivity index (χ1) is 18.7. The van der Waals surface area contributed by atoms with E-state index in [-0.39, 0.29) is 21.8 Å². The number of benzene rings is 2. The zero-order valence-electron chi connectivity index (χ0n) is 22.5. The number of fused-ring (bicyclic) bond motifs is 1. The molecule has 2 saturated heterocycles. The number of rotatable bonds is 5. The molecule has 3 heterocycles. The van der Waals surface area contributed by atoms with Crippen molar-refractivity contribution in [2.45, 2.75) is 51.0 Å². The number of piperazine rings is 1. The second kappa shape index (κ2) is 11.3. The Morgan fingerprint density at radius 3 is 2.28 bits per heavy atom. The molecule has 2 aliphatic rings. The molecule has 0 radical (unpaired) electrons. The molecule has 0 bridgehead atoms. The highest BCUT2D eigenvalue weighted by molar-refractivity contribution is 7.89. The first kappa shape index (κ1) is 27.7. The van der Waals surface area contributed by atoms with Crippen LogP contribution < -0.4 is 10.3 Å². The summed E-state index contributed by atoms with van der Waals surface area (Å²) in [6, 6.07) is 10.5. The molecule has 0 unspecified atom stereocenters. The molecular weight excluding hydrogens is 536 g/mol. The Labute approximate surface area is 234 Å². The van der Waals surface area contributed by atoms with Gasteiger partial charge in [0.1, 0.15) is 5.56 Å². The number of hydrogen-bond acceptors (Lipinski definition) is 5. The fraction of sp³-hybridized carbons (Fsp3) is 0.448. The fourth-order valence-electron chi connectivity index (χ4n) is 5.63. The van der Waals surface area contributed by atoms with E-state index in [9.17, 15) is 18.0 Å². The van der Waals surface area contributed by atoms with E-state index in [0.717, 1.165) is 36.9 Å². The van der Waals surface area contributed by atoms with Crippen molar-refractivity contribution in [1.82, 2.24) is 13.8 Å². The third-order valence-corrected chi connectivity index (χ3v) is 10.0. The molecule has 1 amide bonds. The summed E-state index contributed by atoms with van der Waals surface area (Å²) in [6.07, 6.45) is 5.31. The third-order valence-electron chi connectivity index (χ3n) is 7.90. The van der Waals surface area contributed by atoms with Gasteiger partial charge in [-0.2, -0.15) is 4.31 Å². The number of anilines is 1. The van der Waals surface area contributed by atoms with Crippen LogP contribution in [0.25, 0.3) is 10.9 Å². The summed E-state index contributed by atoms with van der Waals surface area (Å²) < 4.78 is 30.2. The van der Waals surface area contributed by atoms with Crippen molar-refractivity contribution in [3.05, 3.63) is 69.0 Å². The Morgan fingerprint density at radius 1 is 0.923 bits per heavy atom. The molecule has 0 saturated carbocycles. The Balaban J connectivity index is 1.44. The highest BCUT2D eigenvalue weighted by Gasteiger charge is 2.28. The molecule has 208 valence electrons. The van der Waals surface area contributed by atoms with Gasteiger partial charge in [0.15, 0.2) is 0 Å². The summed E-state index contributed by atoms with van der Waals surface area (Å²) in [5, 5.41) is 0.925. The molecule has 2 aliphatic heterocycles. The SMILES string of the molecule is CCn1cc(C(=O)N2CCN(c3cc(Cl)ccc3C)CC2)c(=O)c2cc(S(=O)(=O)N3CCCCCC3)ccc21. The van der Waals surface area contributed by atoms with Crippen LogP contribution in [0.5, 0.6) is 0 Å². The Morgan fingerprint density at radius 2 is 1.62 bits per heavy atom. The standard InChI is InChI=1S/C29H35ClN4O4S/c1-3-31-20-25(29(36)33-16-14-32(15-17-33)27-18-22(30)9-8-21(27)2)28(35)24-19-23(10-11-26(24)31)39(37,38)34-12-6-4-5-7-13-34/h8-11,18-20H,3-7,12-17H2,1-2H3. The molecule has 39 heavy (non-hydrogen) atoms. The first-order valence-electron chi connectivity index (χ1n) is 13.7. The molecule has 5 rings (SSSR count). The summed E-state index contributed by atoms with van der Waals surface area (Å²) >= 11 is 6.21. The van der Waals surface area contributed by atoms with E-state index in [1.807, 2.05) is 36.6 Å². The monoisotopic (exact) mass is 570 g/mol. The van der Waals surface area contributed by atoms with Gasteiger partial charge in [-0.1, -0.05) is 30.5 Å². The van der Waals surface area contributed by atoms with Crippen LogP contribution in [0.4, 0.5) is 5.69 Å². The summed E-state index contributed by atoms with van der Waals surface area (Å²) in [6.45, 7) is 7.67. The average molecular weight is 571 g/mol. The van der Waals surface area contributed by atoms with Crippen LogP contribution in [0.3, 0.4) is 0 Å². The Bertz CT molecular complexity index is 1550. The molecule has 10 heteroatoms. The molecule has 0 aliphatic carbocycles. The van der Waals surface area contributed by atoms with Crippen molar-refractivity contribution in [2.24, 2.45) is 0 Å². The maximum absolute atomic E-state index is 13.7. The van der Waals surface area contributed by atoms with Gasteiger partial charge in [0.2, 0.25) is 15.5 Å². The maximum atomic E-state index is 13.7. The second-order valence-corrected chi connectivity index (χ2v) is 12.7. The van der Waals surface area contributed by atoms with Crippen molar-refractivity contribution in [3.8, 4) is 0 Å². The number of sulfonamides is 1. The molecule has 0 spiro atoms. The van der Waals surface area contributed by atoms with Crippen molar-refractivity contribution >= 4 is 44.1 Å². The summed E-state index contributed by atoms with van der Waals surface area (Å²) in [5.74, 6) is -0.327. The maximum Gasteiger partial charge on any atom is 0.259 e. The third kappa shape index (κ3) is 5.44. The molecule has 8 nitrogen and oxygen atoms in total. The highest BCUT2D eigenvalue weighted by Crippen LogP contribution is 2.26. The minimum atomic E-state index is -3.73. The lowest BCUT2D eigenvalue weighted by atomic mass is 10.1. The van der Waals surface area contributed by atoms with Crippen molar-refractivity contribution < 1.29 is 13.2 Å². The normalized spacial score (nSPS) is 17.4. The van der Waals surface area contributed by atoms with Crippen LogP contribution in [0.15, 0.2) is 52.3 Å². The minimum Gasteiger partial charge on any atom is -0.368 e. The Hall–Kier alpha value is -2.88. The number of amides is 1. The average Bonchev–Trinajstić information content (AvgIpc) is 3.25. The molecule has 0 N–H and O–H groups in total. The van der Waals surface area contributed by atoms with Gasteiger partial charge in [-0.05, 0) is 62.6 Å². The van der Waals surface area contributed by atoms with Crippen molar-refractivity contribution in [2.75, 3.05) is 44.2 Å². The van der Waals surface area contributed by atoms with Gasteiger partial charge in [-0.15, -0.1) is 0 Å². The van der Waals surface area contributed by atoms with Crippen LogP contribution in [0.2, 0.25) is 5.02 Å². The van der Waals surface area contributed by atoms with Gasteiger partial charge < -0.3 is 14.4 Å². The van der Waals surface area contributed by atoms with Crippen LogP contribution in [-0.4, -0.2) is 67.4 Å². The van der Waals surface area contributed by atoms with E-state index in [1.165, 1.54) is 10.4 Å². The quantitative estimate of drug-likeness (QED) is 0.451. The van der Waals surface area contributed by atoms with Gasteiger partial charge in [0, 0.05) is 68.1 Å². The van der Waals surface area contributed by atoms with Crippen LogP contribution >= 0.6 is 11.6 Å². The zero-order valence-corrected chi connectivity index (χ0v) is 24.1. The van der Waals surface area contributed by atoms with Gasteiger partial charge in [-0.25, -0.2) is 8.42 Å². The number of nitrogens with zero attached hydrogens (tertiary/aromatic N) is 4. The van der Waals surface area contributed by atoms with Gasteiger partial charge >= 0.3 is 0 Å². The van der Waals surface area contributed by atoms with E-state index in [4.69, 9.17) is 11.6 Å². The lowest BCUT2D eigenvalue weighted by Gasteiger charge is -2.37. The summed E-state index contributed by atoms with van der Waals surface area (Å²) in [7, 11) is -3.73. The predicted molar refractivity (Wildman–Crippen MR) is 155 cm³/mol. The van der Waals surface area contributed by atoms with Gasteiger partial charge in [-0.3, -0.25) is 9.59 Å². The topological polar surface area (TPSA) is 82.9 Å². The summed E-state index contributed by atoms with van der Waals surface area (Å²) in [4.78, 5) is 31.3. The zero-order chi connectivity index (χ0) is 27.7. The fourth-order valence-corrected chi connectivity index (χ4v) is 7.34. The number of carbonyl (C=O) groups is 1. The lowest BCUT2D eigenvalue weighted by molar-refractivity contribution is 0.0745. The molecular formula is C29H35ClN4O4S. The minimum absolute atomic E-state index is 0.0704. The van der Waals surface area contributed by atoms with Gasteiger partial charge in [0.05, 0.1) is 10.4 Å². The van der Waals surface area contributed by atoms with Crippen molar-refractivity contribution in [3.63, 3.8) is 0 Å². The number of hydrogen-bond donors (Lipinski definition) is 0. The molecule has 2 aromatic carbocycles. The first-order valence-corrected chi connectivity index (χ1v) is 15.5. The van der Waals surface area contributed by atoms with E-state index in [1.54, 1.807) is 23.2 Å². The van der Waals surface area contributed by atoms with E-state index in [0.29, 0.717) is 56.4 Å². The largest absolute Gasteiger partial charge is 0.368 e. The molecule has 3 aromatic rings. The van der Waals surface area contributed by atoms with Crippen LogP contribution in [-0.2, 0) is 16.6 Å². The van der Waals surface area contributed by atoms with Crippen LogP contribution in [0, 0.1) is 6.92 Å². The molecule has 1 aromatic heterocycles. The Kier molecular flexibility index (Phi) is 8.03. The lowest BCUT2D eigenvalue weighted by Crippen LogP contribution is -2.49. The number of pyridine rings is 1. The van der Waals surface area contributed by atoms with Crippen molar-refractivity contribution in [1.29, 1.82) is 0 Å². The molecule has 0 atom stereocenters. The molecule has 2 fully saturated rings. The van der Waals surface area contributed by atoms with Gasteiger partial charge in [0.25, 0.3) is 5.91 Å². The highest BCUT2D eigenvalue weighted by atomic mass is 35.5. The smallest absolute Gasteiger partial charge is 0.259 e. The second-order valence-electron chi connectivity index (χ2n) is 10.4. The number of carbonyl (C=O) groups excluding carboxylic acids is 1. The van der Waals surface area contributed by atoms with E-state index in [2.05, 4.69) is 4.90 Å². The number of aryl methyl sites for hydroxylation is 2.